The molecule has 1 aliphatic heterocycles. The lowest BCUT2D eigenvalue weighted by Gasteiger charge is -2.22. The third kappa shape index (κ3) is 2.36. The molecule has 1 aromatic carbocycles. The van der Waals surface area contributed by atoms with Gasteiger partial charge in [-0.05, 0) is 24.3 Å². The molecule has 0 bridgehead atoms. The van der Waals surface area contributed by atoms with E-state index in [2.05, 4.69) is 17.9 Å². The molecule has 4 N–H and O–H groups in total. The number of nitrogens with one attached hydrogen (secondary N) is 1. The van der Waals surface area contributed by atoms with Crippen molar-refractivity contribution in [1.29, 1.82) is 0 Å². The van der Waals surface area contributed by atoms with Gasteiger partial charge >= 0.3 is 0 Å². The maximum atomic E-state index is 5.19. The Labute approximate surface area is 97.2 Å². The van der Waals surface area contributed by atoms with E-state index in [1.165, 1.54) is 31.5 Å². The van der Waals surface area contributed by atoms with Crippen LogP contribution < -0.4 is 15.4 Å². The van der Waals surface area contributed by atoms with Crippen LogP contribution >= 0.6 is 0 Å². The molecular formula is C13H22N2O+2. The van der Waals surface area contributed by atoms with Crippen molar-refractivity contribution >= 4 is 0 Å². The van der Waals surface area contributed by atoms with Gasteiger partial charge in [0.25, 0.3) is 0 Å². The van der Waals surface area contributed by atoms with Gasteiger partial charge in [-0.1, -0.05) is 0 Å². The van der Waals surface area contributed by atoms with Crippen LogP contribution in [-0.2, 0) is 0 Å². The first-order chi connectivity index (χ1) is 7.85. The summed E-state index contributed by atoms with van der Waals surface area (Å²) in [7, 11) is 1.71. The molecule has 1 aliphatic rings. The van der Waals surface area contributed by atoms with Crippen LogP contribution in [0.4, 0.5) is 0 Å². The lowest BCUT2D eigenvalue weighted by atomic mass is 10.1. The highest BCUT2D eigenvalue weighted by Gasteiger charge is 2.27. The summed E-state index contributed by atoms with van der Waals surface area (Å²) in [6, 6.07) is 9.02. The second-order valence-corrected chi connectivity index (χ2v) is 4.48. The number of likely N-dealkylation sites (tertiary alicyclic amines) is 1. The van der Waals surface area contributed by atoms with E-state index in [-0.39, 0.29) is 0 Å². The van der Waals surface area contributed by atoms with E-state index in [4.69, 9.17) is 4.74 Å². The van der Waals surface area contributed by atoms with E-state index < -0.39 is 0 Å². The molecular weight excluding hydrogens is 200 g/mol. The summed E-state index contributed by atoms with van der Waals surface area (Å²) in [6.45, 7) is 3.57. The summed E-state index contributed by atoms with van der Waals surface area (Å²) in [5.74, 6) is 0.933. The third-order valence-corrected chi connectivity index (χ3v) is 3.55. The van der Waals surface area contributed by atoms with E-state index in [0.29, 0.717) is 6.04 Å². The minimum Gasteiger partial charge on any atom is -0.497 e. The van der Waals surface area contributed by atoms with Crippen LogP contribution in [0.2, 0.25) is 0 Å². The summed E-state index contributed by atoms with van der Waals surface area (Å²) >= 11 is 0. The van der Waals surface area contributed by atoms with Gasteiger partial charge in [0.1, 0.15) is 12.3 Å². The zero-order valence-electron chi connectivity index (χ0n) is 10.0. The van der Waals surface area contributed by atoms with E-state index in [1.807, 2.05) is 12.1 Å². The Bertz CT molecular complexity index is 317. The van der Waals surface area contributed by atoms with Gasteiger partial charge in [-0.3, -0.25) is 0 Å². The molecule has 1 aromatic rings. The second kappa shape index (κ2) is 5.32. The fraction of sp³-hybridized carbons (Fsp3) is 0.538. The molecule has 0 aliphatic carbocycles. The molecule has 0 spiro atoms. The summed E-state index contributed by atoms with van der Waals surface area (Å²) < 4.78 is 5.19. The molecule has 2 rings (SSSR count). The van der Waals surface area contributed by atoms with Crippen molar-refractivity contribution in [1.82, 2.24) is 0 Å². The first-order valence-corrected chi connectivity index (χ1v) is 6.13. The first kappa shape index (κ1) is 11.4. The molecule has 1 heterocycles. The molecule has 0 unspecified atom stereocenters. The zero-order chi connectivity index (χ0) is 11.4. The number of methoxy groups -OCH3 is 1. The highest BCUT2D eigenvalue weighted by Crippen LogP contribution is 2.15. The molecule has 0 saturated carbocycles. The van der Waals surface area contributed by atoms with Crippen LogP contribution in [0.5, 0.6) is 5.75 Å². The van der Waals surface area contributed by atoms with E-state index in [0.717, 1.165) is 12.3 Å². The van der Waals surface area contributed by atoms with Gasteiger partial charge in [0.2, 0.25) is 0 Å². The van der Waals surface area contributed by atoms with Crippen molar-refractivity contribution in [2.45, 2.75) is 18.9 Å². The Hall–Kier alpha value is -1.06. The average molecular weight is 222 g/mol. The standard InChI is InChI=1S/C13H20N2O/c1-16-12-6-4-11(5-7-12)13(10-14)15-8-2-3-9-15/h4-7,13H,2-3,8-10,14H2,1H3/p+2/t13-/m0/s1. The van der Waals surface area contributed by atoms with Gasteiger partial charge in [-0.15, -0.1) is 0 Å². The van der Waals surface area contributed by atoms with E-state index in [1.54, 1.807) is 12.0 Å². The molecule has 0 radical (unpaired) electrons. The molecule has 1 fully saturated rings. The molecule has 0 amide bonds. The van der Waals surface area contributed by atoms with Crippen LogP contribution in [0, 0.1) is 0 Å². The smallest absolute Gasteiger partial charge is 0.162 e. The fourth-order valence-electron chi connectivity index (χ4n) is 2.62. The van der Waals surface area contributed by atoms with Crippen molar-refractivity contribution in [2.24, 2.45) is 0 Å². The summed E-state index contributed by atoms with van der Waals surface area (Å²) in [5, 5.41) is 0. The maximum absolute atomic E-state index is 5.19. The van der Waals surface area contributed by atoms with Crippen molar-refractivity contribution in [2.75, 3.05) is 26.7 Å². The SMILES string of the molecule is COc1ccc([C@H](C[NH3+])[NH+]2CCCC2)cc1. The van der Waals surface area contributed by atoms with Gasteiger partial charge < -0.3 is 15.4 Å². The van der Waals surface area contributed by atoms with Gasteiger partial charge in [-0.25, -0.2) is 0 Å². The van der Waals surface area contributed by atoms with Gasteiger partial charge in [0, 0.05) is 18.4 Å². The van der Waals surface area contributed by atoms with Gasteiger partial charge in [0.15, 0.2) is 6.04 Å². The number of rotatable bonds is 4. The van der Waals surface area contributed by atoms with E-state index in [9.17, 15) is 0 Å². The van der Waals surface area contributed by atoms with E-state index >= 15 is 0 Å². The minimum atomic E-state index is 0.563. The monoisotopic (exact) mass is 222 g/mol. The predicted molar refractivity (Wildman–Crippen MR) is 63.4 cm³/mol. The van der Waals surface area contributed by atoms with Gasteiger partial charge in [-0.2, -0.15) is 0 Å². The Morgan fingerprint density at radius 1 is 1.25 bits per heavy atom. The normalized spacial score (nSPS) is 18.6. The van der Waals surface area contributed by atoms with Crippen molar-refractivity contribution in [3.05, 3.63) is 29.8 Å². The molecule has 1 saturated heterocycles. The van der Waals surface area contributed by atoms with Gasteiger partial charge in [0.05, 0.1) is 20.2 Å². The van der Waals surface area contributed by atoms with Crippen LogP contribution in [0.3, 0.4) is 0 Å². The minimum absolute atomic E-state index is 0.563. The molecule has 16 heavy (non-hydrogen) atoms. The Balaban J connectivity index is 2.12. The quantitative estimate of drug-likeness (QED) is 0.719. The number of ether oxygens (including phenoxy) is 1. The molecule has 3 nitrogen and oxygen atoms in total. The molecule has 1 atom stereocenters. The summed E-state index contributed by atoms with van der Waals surface area (Å²) in [5.41, 5.74) is 5.49. The highest BCUT2D eigenvalue weighted by molar-refractivity contribution is 5.28. The van der Waals surface area contributed by atoms with Crippen molar-refractivity contribution in [3.8, 4) is 5.75 Å². The van der Waals surface area contributed by atoms with Crippen LogP contribution in [0.1, 0.15) is 24.4 Å². The largest absolute Gasteiger partial charge is 0.497 e. The number of quaternary nitrogens is 2. The number of hydrogen-bond acceptors (Lipinski definition) is 1. The van der Waals surface area contributed by atoms with Crippen LogP contribution in [0.15, 0.2) is 24.3 Å². The van der Waals surface area contributed by atoms with Crippen molar-refractivity contribution in [3.63, 3.8) is 0 Å². The van der Waals surface area contributed by atoms with Crippen LogP contribution in [0.25, 0.3) is 0 Å². The third-order valence-electron chi connectivity index (χ3n) is 3.55. The molecule has 3 heteroatoms. The predicted octanol–water partition coefficient (Wildman–Crippen LogP) is -0.343. The summed E-state index contributed by atoms with van der Waals surface area (Å²) in [6.07, 6.45) is 2.73. The van der Waals surface area contributed by atoms with Crippen LogP contribution in [-0.4, -0.2) is 26.7 Å². The molecule has 0 aromatic heterocycles. The number of hydrogen-bond donors (Lipinski definition) is 2. The lowest BCUT2D eigenvalue weighted by Crippen LogP contribution is -3.11. The Morgan fingerprint density at radius 2 is 1.88 bits per heavy atom. The zero-order valence-corrected chi connectivity index (χ0v) is 10.0. The first-order valence-electron chi connectivity index (χ1n) is 6.13. The summed E-state index contributed by atoms with van der Waals surface area (Å²) in [4.78, 5) is 1.69. The maximum Gasteiger partial charge on any atom is 0.162 e. The Kier molecular flexibility index (Phi) is 3.80. The fourth-order valence-corrected chi connectivity index (χ4v) is 2.62. The van der Waals surface area contributed by atoms with Crippen molar-refractivity contribution < 1.29 is 15.4 Å². The molecule has 88 valence electrons. The highest BCUT2D eigenvalue weighted by atomic mass is 16.5. The number of benzene rings is 1. The second-order valence-electron chi connectivity index (χ2n) is 4.48. The Morgan fingerprint density at radius 3 is 2.38 bits per heavy atom. The lowest BCUT2D eigenvalue weighted by molar-refractivity contribution is -0.926. The topological polar surface area (TPSA) is 41.3 Å². The average Bonchev–Trinajstić information content (AvgIpc) is 2.85.